The van der Waals surface area contributed by atoms with E-state index in [2.05, 4.69) is 15.2 Å². The van der Waals surface area contributed by atoms with Crippen LogP contribution >= 0.6 is 0 Å². The highest BCUT2D eigenvalue weighted by Crippen LogP contribution is 2.25. The Morgan fingerprint density at radius 1 is 0.794 bits per heavy atom. The molecule has 3 aromatic carbocycles. The molecule has 0 amide bonds. The second-order valence-electron chi connectivity index (χ2n) is 8.58. The van der Waals surface area contributed by atoms with Gasteiger partial charge in [-0.3, -0.25) is 0 Å². The van der Waals surface area contributed by atoms with Crippen molar-refractivity contribution in [2.24, 2.45) is 0 Å². The van der Waals surface area contributed by atoms with Crippen molar-refractivity contribution in [1.82, 2.24) is 14.3 Å². The quantitative estimate of drug-likeness (QED) is 0.460. The standard InChI is InChI=1S/C26H27N5O2S/c1-19-7-10-23(11-8-19)28-26-27-20(2)17-25(29-26)30-13-15-31(16-14-30)34(32,33)24-12-9-21-5-3-4-6-22(21)18-24/h3-12,17-18H,13-16H2,1-2H3,(H,27,28,29). The summed E-state index contributed by atoms with van der Waals surface area (Å²) in [7, 11) is -3.56. The summed E-state index contributed by atoms with van der Waals surface area (Å²) >= 11 is 0. The number of rotatable bonds is 5. The van der Waals surface area contributed by atoms with E-state index in [1.807, 2.05) is 74.5 Å². The van der Waals surface area contributed by atoms with Gasteiger partial charge in [-0.25, -0.2) is 13.4 Å². The van der Waals surface area contributed by atoms with Crippen molar-refractivity contribution in [2.75, 3.05) is 36.4 Å². The first kappa shape index (κ1) is 22.3. The van der Waals surface area contributed by atoms with Crippen molar-refractivity contribution in [3.63, 3.8) is 0 Å². The fourth-order valence-corrected chi connectivity index (χ4v) is 5.63. The van der Waals surface area contributed by atoms with Crippen molar-refractivity contribution in [2.45, 2.75) is 18.7 Å². The lowest BCUT2D eigenvalue weighted by Crippen LogP contribution is -2.49. The summed E-state index contributed by atoms with van der Waals surface area (Å²) in [6, 6.07) is 23.1. The van der Waals surface area contributed by atoms with Crippen LogP contribution in [0.25, 0.3) is 10.8 Å². The molecular formula is C26H27N5O2S. The molecule has 2 heterocycles. The molecule has 0 radical (unpaired) electrons. The number of nitrogens with zero attached hydrogens (tertiary/aromatic N) is 4. The Kier molecular flexibility index (Phi) is 5.93. The molecule has 4 aromatic rings. The molecule has 0 spiro atoms. The number of benzene rings is 3. The fourth-order valence-electron chi connectivity index (χ4n) is 4.17. The van der Waals surface area contributed by atoms with Gasteiger partial charge in [0.1, 0.15) is 5.82 Å². The predicted octanol–water partition coefficient (Wildman–Crippen LogP) is 4.50. The van der Waals surface area contributed by atoms with Gasteiger partial charge in [-0.05, 0) is 48.9 Å². The van der Waals surface area contributed by atoms with Gasteiger partial charge in [-0.2, -0.15) is 9.29 Å². The second-order valence-corrected chi connectivity index (χ2v) is 10.5. The highest BCUT2D eigenvalue weighted by Gasteiger charge is 2.29. The van der Waals surface area contributed by atoms with Crippen molar-refractivity contribution in [3.8, 4) is 0 Å². The molecule has 34 heavy (non-hydrogen) atoms. The van der Waals surface area contributed by atoms with Crippen LogP contribution in [0.15, 0.2) is 77.7 Å². The predicted molar refractivity (Wildman–Crippen MR) is 136 cm³/mol. The number of fused-ring (bicyclic) bond motifs is 1. The van der Waals surface area contributed by atoms with E-state index in [0.717, 1.165) is 28.0 Å². The van der Waals surface area contributed by atoms with E-state index in [1.165, 1.54) is 5.56 Å². The van der Waals surface area contributed by atoms with Gasteiger partial charge < -0.3 is 10.2 Å². The number of aromatic nitrogens is 2. The minimum Gasteiger partial charge on any atom is -0.354 e. The van der Waals surface area contributed by atoms with Gasteiger partial charge in [0.05, 0.1) is 4.90 Å². The minimum absolute atomic E-state index is 0.335. The topological polar surface area (TPSA) is 78.4 Å². The largest absolute Gasteiger partial charge is 0.354 e. The van der Waals surface area contributed by atoms with Crippen LogP contribution in [0.2, 0.25) is 0 Å². The molecule has 5 rings (SSSR count). The number of sulfonamides is 1. The molecule has 0 atom stereocenters. The summed E-state index contributed by atoms with van der Waals surface area (Å²) < 4.78 is 28.1. The molecular weight excluding hydrogens is 446 g/mol. The van der Waals surface area contributed by atoms with Crippen molar-refractivity contribution < 1.29 is 8.42 Å². The summed E-state index contributed by atoms with van der Waals surface area (Å²) in [6.45, 7) is 5.91. The number of nitrogens with one attached hydrogen (secondary N) is 1. The van der Waals surface area contributed by atoms with E-state index in [0.29, 0.717) is 37.0 Å². The monoisotopic (exact) mass is 473 g/mol. The first-order valence-corrected chi connectivity index (χ1v) is 12.8. The zero-order valence-electron chi connectivity index (χ0n) is 19.3. The van der Waals surface area contributed by atoms with Gasteiger partial charge in [-0.1, -0.05) is 48.0 Å². The van der Waals surface area contributed by atoms with Crippen LogP contribution in [0.1, 0.15) is 11.3 Å². The lowest BCUT2D eigenvalue weighted by Gasteiger charge is -2.34. The van der Waals surface area contributed by atoms with E-state index in [4.69, 9.17) is 4.98 Å². The summed E-state index contributed by atoms with van der Waals surface area (Å²) in [5.41, 5.74) is 2.96. The Hall–Kier alpha value is -3.49. The number of piperazine rings is 1. The van der Waals surface area contributed by atoms with E-state index in [9.17, 15) is 8.42 Å². The Balaban J connectivity index is 1.30. The van der Waals surface area contributed by atoms with Crippen molar-refractivity contribution in [1.29, 1.82) is 0 Å². The summed E-state index contributed by atoms with van der Waals surface area (Å²) in [5, 5.41) is 5.22. The SMILES string of the molecule is Cc1ccc(Nc2nc(C)cc(N3CCN(S(=O)(=O)c4ccc5ccccc5c4)CC3)n2)cc1. The van der Waals surface area contributed by atoms with Gasteiger partial charge in [0.2, 0.25) is 16.0 Å². The summed E-state index contributed by atoms with van der Waals surface area (Å²) in [6.07, 6.45) is 0. The minimum atomic E-state index is -3.56. The Labute approximate surface area is 200 Å². The zero-order chi connectivity index (χ0) is 23.7. The van der Waals surface area contributed by atoms with Crippen molar-refractivity contribution >= 4 is 38.2 Å². The lowest BCUT2D eigenvalue weighted by molar-refractivity contribution is 0.384. The van der Waals surface area contributed by atoms with Crippen LogP contribution in [-0.2, 0) is 10.0 Å². The maximum absolute atomic E-state index is 13.3. The molecule has 1 N–H and O–H groups in total. The first-order valence-electron chi connectivity index (χ1n) is 11.3. The van der Waals surface area contributed by atoms with Gasteiger partial charge in [0.25, 0.3) is 0 Å². The number of aryl methyl sites for hydroxylation is 2. The third-order valence-electron chi connectivity index (χ3n) is 6.07. The highest BCUT2D eigenvalue weighted by atomic mass is 32.2. The molecule has 1 aliphatic rings. The van der Waals surface area contributed by atoms with Crippen molar-refractivity contribution in [3.05, 3.63) is 84.1 Å². The molecule has 174 valence electrons. The second kappa shape index (κ2) is 9.04. The van der Waals surface area contributed by atoms with E-state index < -0.39 is 10.0 Å². The molecule has 0 aliphatic carbocycles. The van der Waals surface area contributed by atoms with Gasteiger partial charge >= 0.3 is 0 Å². The third kappa shape index (κ3) is 4.60. The van der Waals surface area contributed by atoms with Crippen LogP contribution in [0.3, 0.4) is 0 Å². The molecule has 1 saturated heterocycles. The van der Waals surface area contributed by atoms with E-state index in [-0.39, 0.29) is 0 Å². The van der Waals surface area contributed by atoms with Crippen LogP contribution in [-0.4, -0.2) is 48.9 Å². The number of hydrogen-bond acceptors (Lipinski definition) is 6. The zero-order valence-corrected chi connectivity index (χ0v) is 20.1. The average Bonchev–Trinajstić information content (AvgIpc) is 2.85. The van der Waals surface area contributed by atoms with Gasteiger partial charge in [0, 0.05) is 43.6 Å². The first-order chi connectivity index (χ1) is 16.4. The number of anilines is 3. The average molecular weight is 474 g/mol. The van der Waals surface area contributed by atoms with Crippen LogP contribution < -0.4 is 10.2 Å². The van der Waals surface area contributed by atoms with Crippen LogP contribution in [0, 0.1) is 13.8 Å². The normalized spacial score (nSPS) is 14.9. The maximum Gasteiger partial charge on any atom is 0.243 e. The molecule has 0 bridgehead atoms. The molecule has 0 unspecified atom stereocenters. The molecule has 0 saturated carbocycles. The van der Waals surface area contributed by atoms with Gasteiger partial charge in [-0.15, -0.1) is 0 Å². The van der Waals surface area contributed by atoms with E-state index >= 15 is 0 Å². The molecule has 1 fully saturated rings. The molecule has 7 nitrogen and oxygen atoms in total. The summed E-state index contributed by atoms with van der Waals surface area (Å²) in [5.74, 6) is 1.33. The smallest absolute Gasteiger partial charge is 0.243 e. The molecule has 1 aromatic heterocycles. The third-order valence-corrected chi connectivity index (χ3v) is 7.96. The maximum atomic E-state index is 13.3. The highest BCUT2D eigenvalue weighted by molar-refractivity contribution is 7.89. The Morgan fingerprint density at radius 3 is 2.24 bits per heavy atom. The van der Waals surface area contributed by atoms with Gasteiger partial charge in [0.15, 0.2) is 0 Å². The fraction of sp³-hybridized carbons (Fsp3) is 0.231. The Morgan fingerprint density at radius 2 is 1.50 bits per heavy atom. The van der Waals surface area contributed by atoms with Crippen LogP contribution in [0.5, 0.6) is 0 Å². The molecule has 8 heteroatoms. The summed E-state index contributed by atoms with van der Waals surface area (Å²) in [4.78, 5) is 11.6. The van der Waals surface area contributed by atoms with Crippen LogP contribution in [0.4, 0.5) is 17.5 Å². The number of hydrogen-bond donors (Lipinski definition) is 1. The van der Waals surface area contributed by atoms with E-state index in [1.54, 1.807) is 16.4 Å². The molecule has 1 aliphatic heterocycles. The lowest BCUT2D eigenvalue weighted by atomic mass is 10.1. The Bertz CT molecular complexity index is 1430.